The van der Waals surface area contributed by atoms with Gasteiger partial charge in [-0.15, -0.1) is 45.3 Å². The summed E-state index contributed by atoms with van der Waals surface area (Å²) in [5.41, 5.74) is 8.78. The fraction of sp³-hybridized carbons (Fsp3) is 0.245. The molecule has 0 unspecified atom stereocenters. The molecule has 2 aliphatic rings. The summed E-state index contributed by atoms with van der Waals surface area (Å²) in [7, 11) is -10.8. The van der Waals surface area contributed by atoms with Gasteiger partial charge in [0.1, 0.15) is 39.8 Å². The molecule has 0 atom stereocenters. The van der Waals surface area contributed by atoms with E-state index >= 15 is 0 Å². The number of piperidine rings is 1. The van der Waals surface area contributed by atoms with Crippen LogP contribution < -0.4 is 43.5 Å². The van der Waals surface area contributed by atoms with Crippen LogP contribution in [0.1, 0.15) is 67.7 Å². The van der Waals surface area contributed by atoms with E-state index in [1.165, 1.54) is 93.7 Å². The normalized spacial score (nSPS) is 12.9. The van der Waals surface area contributed by atoms with Gasteiger partial charge in [0.25, 0.3) is 22.2 Å². The van der Waals surface area contributed by atoms with E-state index < -0.39 is 85.5 Å². The third kappa shape index (κ3) is 28.5. The Hall–Kier alpha value is -11.8. The van der Waals surface area contributed by atoms with Crippen LogP contribution in [-0.4, -0.2) is 174 Å². The van der Waals surface area contributed by atoms with Crippen LogP contribution in [0.5, 0.6) is 0 Å². The van der Waals surface area contributed by atoms with Gasteiger partial charge in [0.15, 0.2) is 62.5 Å². The summed E-state index contributed by atoms with van der Waals surface area (Å²) in [4.78, 5) is 107. The highest BCUT2D eigenvalue weighted by Gasteiger charge is 2.28. The first-order valence-electron chi connectivity index (χ1n) is 46.3. The number of fused-ring (bicyclic) bond motifs is 4. The Labute approximate surface area is 869 Å². The zero-order chi connectivity index (χ0) is 102. The third-order valence-corrected chi connectivity index (χ3v) is 37.8. The number of nitrogens with zero attached hydrogens (tertiary/aromatic N) is 6. The van der Waals surface area contributed by atoms with Gasteiger partial charge in [-0.2, -0.15) is 0 Å². The molecule has 1 saturated heterocycles. The number of carbonyl (C=O) groups is 4. The number of hydrogen-bond donors (Lipinski definition) is 4. The maximum atomic E-state index is 13.2. The molecule has 0 spiro atoms. The summed E-state index contributed by atoms with van der Waals surface area (Å²) in [6.45, 7) is 9.85. The molecule has 16 aromatic rings. The van der Waals surface area contributed by atoms with Gasteiger partial charge in [-0.3, -0.25) is 56.6 Å². The van der Waals surface area contributed by atoms with Crippen LogP contribution >= 0.6 is 91.8 Å². The fourth-order valence-electron chi connectivity index (χ4n) is 16.3. The first-order valence-corrected chi connectivity index (χ1v) is 57.7. The summed E-state index contributed by atoms with van der Waals surface area (Å²) in [5, 5.41) is 19.5. The monoisotopic (exact) mass is 2170 g/mol. The molecule has 1 aliphatic heterocycles. The maximum Gasteiger partial charge on any atom is 0.262 e. The minimum Gasteiger partial charge on any atom is -0.385 e. The number of carbonyl (C=O) groups excluding carboxylic acids is 4. The molecular formula is C106H102Cl4N10O16S8. The summed E-state index contributed by atoms with van der Waals surface area (Å²) in [6.07, 6.45) is 14.3. The van der Waals surface area contributed by atoms with Gasteiger partial charge in [0.2, 0.25) is 0 Å². The van der Waals surface area contributed by atoms with Gasteiger partial charge in [-0.1, -0.05) is 108 Å². The van der Waals surface area contributed by atoms with Crippen LogP contribution in [-0.2, 0) is 84.2 Å². The number of hydrogen-bond acceptors (Lipinski definition) is 26. The van der Waals surface area contributed by atoms with Gasteiger partial charge >= 0.3 is 0 Å². The molecule has 8 aromatic carbocycles. The molecule has 38 heteroatoms. The zero-order valence-electron chi connectivity index (χ0n) is 78.5. The molecule has 9 heterocycles. The number of sulfone groups is 4. The lowest BCUT2D eigenvalue weighted by atomic mass is 10.1. The number of ketones is 4. The van der Waals surface area contributed by atoms with E-state index in [1.54, 1.807) is 140 Å². The Balaban J connectivity index is 0.000000145. The first kappa shape index (κ1) is 106. The summed E-state index contributed by atoms with van der Waals surface area (Å²) in [5.74, 6) is -3.18. The van der Waals surface area contributed by atoms with Crippen LogP contribution in [0.3, 0.4) is 0 Å². The topological polar surface area (TPSA) is 347 Å². The first-order chi connectivity index (χ1) is 68.9. The van der Waals surface area contributed by atoms with Crippen molar-refractivity contribution < 1.29 is 52.8 Å². The molecule has 0 bridgehead atoms. The SMILES string of the molecule is CCCNc1ccc2c(=O)n(-c3ccc(CC(=O)CS(=O)(=O)c4ccc(Cl)s4)cc3)ccc2c1.CN(C)CCNc1ccc2c(=O)n(-c3ccc(CC(=O)CS(=O)(=O)c4ccc(Cl)s4)cc3)ccc2c1.O=C(Cc1ccc(-n2ccc3cc(NCC4CC4)ccc3c2=O)cc1)CS(=O)(=O)c1ccc(Cl)s1.O=C(Cc1ccc(-n2ccc3cc(NCCN4CCCCC4)ccc3c2=O)cc1)CS(=O)(=O)c1ccc(Cl)s1. The summed E-state index contributed by atoms with van der Waals surface area (Å²) < 4.78 is 107. The van der Waals surface area contributed by atoms with E-state index in [2.05, 4.69) is 38.0 Å². The Kier molecular flexibility index (Phi) is 35.5. The molecule has 1 aliphatic carbocycles. The van der Waals surface area contributed by atoms with Crippen molar-refractivity contribution in [2.75, 3.05) is 111 Å². The van der Waals surface area contributed by atoms with Crippen LogP contribution in [0.4, 0.5) is 22.7 Å². The number of likely N-dealkylation sites (N-methyl/N-ethyl adjacent to an activating group) is 1. The average Bonchev–Trinajstić information content (AvgIpc) is 1.45. The summed E-state index contributed by atoms with van der Waals surface area (Å²) >= 11 is 27.0. The molecule has 4 N–H and O–H groups in total. The number of pyridine rings is 4. The van der Waals surface area contributed by atoms with Gasteiger partial charge in [0.05, 0.1) is 17.3 Å². The predicted octanol–water partition coefficient (Wildman–Crippen LogP) is 19.7. The number of rotatable bonds is 38. The van der Waals surface area contributed by atoms with Crippen molar-refractivity contribution in [3.8, 4) is 22.7 Å². The van der Waals surface area contributed by atoms with Gasteiger partial charge in [-0.05, 0) is 303 Å². The number of halogens is 4. The van der Waals surface area contributed by atoms with Crippen molar-refractivity contribution in [1.29, 1.82) is 0 Å². The number of nitrogens with one attached hydrogen (secondary N) is 4. The number of aromatic nitrogens is 4. The van der Waals surface area contributed by atoms with E-state index in [1.807, 2.05) is 111 Å². The molecule has 8 aromatic heterocycles. The van der Waals surface area contributed by atoms with Crippen LogP contribution in [0, 0.1) is 5.92 Å². The molecule has 26 nitrogen and oxygen atoms in total. The highest BCUT2D eigenvalue weighted by molar-refractivity contribution is 7.95. The lowest BCUT2D eigenvalue weighted by Crippen LogP contribution is -2.33. The Morgan fingerprint density at radius 2 is 0.611 bits per heavy atom. The van der Waals surface area contributed by atoms with Crippen molar-refractivity contribution in [2.45, 2.75) is 88.0 Å². The predicted molar refractivity (Wildman–Crippen MR) is 584 cm³/mol. The third-order valence-electron chi connectivity index (χ3n) is 23.9. The van der Waals surface area contributed by atoms with Crippen molar-refractivity contribution in [3.05, 3.63) is 348 Å². The largest absolute Gasteiger partial charge is 0.385 e. The maximum absolute atomic E-state index is 13.2. The van der Waals surface area contributed by atoms with E-state index in [-0.39, 0.29) is 64.8 Å². The second kappa shape index (κ2) is 48.0. The number of thiophene rings is 4. The van der Waals surface area contributed by atoms with Crippen LogP contribution in [0.2, 0.25) is 17.3 Å². The van der Waals surface area contributed by atoms with E-state index in [0.29, 0.717) is 83.9 Å². The number of anilines is 4. The number of likely N-dealkylation sites (tertiary alicyclic amines) is 1. The van der Waals surface area contributed by atoms with Crippen molar-refractivity contribution in [3.63, 3.8) is 0 Å². The Bertz CT molecular complexity index is 8180. The molecular weight excluding hydrogens is 2070 g/mol. The number of Topliss-reactive ketones (excluding diaryl/α,β-unsaturated/α-hetero) is 4. The highest BCUT2D eigenvalue weighted by atomic mass is 35.5. The molecule has 1 saturated carbocycles. The highest BCUT2D eigenvalue weighted by Crippen LogP contribution is 2.34. The molecule has 2 fully saturated rings. The van der Waals surface area contributed by atoms with E-state index in [4.69, 9.17) is 46.4 Å². The number of benzene rings is 8. The van der Waals surface area contributed by atoms with Crippen molar-refractivity contribution in [1.82, 2.24) is 28.1 Å². The molecule has 748 valence electrons. The quantitative estimate of drug-likeness (QED) is 0.0279. The second-order valence-electron chi connectivity index (χ2n) is 35.3. The van der Waals surface area contributed by atoms with E-state index in [9.17, 15) is 72.0 Å². The summed E-state index contributed by atoms with van der Waals surface area (Å²) in [6, 6.07) is 70.2. The minimum atomic E-state index is -3.72. The van der Waals surface area contributed by atoms with Crippen LogP contribution in [0.15, 0.2) is 303 Å². The fourth-order valence-corrected chi connectivity index (χ4v) is 27.5. The van der Waals surface area contributed by atoms with Gasteiger partial charge < -0.3 is 31.1 Å². The van der Waals surface area contributed by atoms with Crippen molar-refractivity contribution >= 4 is 220 Å². The zero-order valence-corrected chi connectivity index (χ0v) is 88.1. The standard InChI is InChI=1S/C29H30ClN3O4S2.C26H26ClN3O4S2.C26H23ClN2O4S2.C25H23ClN2O4S2/c30-27-10-11-28(38-27)39(36,37)20-25(34)18-21-4-7-24(8-5-21)33-16-12-22-19-23(6-9-26(22)29(33)35)31-13-17-32-14-2-1-3-15-32;1-29(2)14-12-28-20-5-8-23-19(16-20)11-13-30(26(23)32)21-6-3-18(4-7-21)15-22(31)17-36(33,34)25-10-9-24(27)35-25;27-24-9-10-25(34-24)35(32,33)16-22(30)13-17-3-6-21(7-4-17)29-12-11-19-14-20(28-15-18-1-2-18)5-8-23(19)26(29)31;1-2-12-27-19-5-8-22-18(15-19)11-13-28(25(22)30)20-6-3-17(4-7-20)14-21(29)16-34(31,32)24-10-9-23(26)33-24/h4-12,16,19,31H,1-3,13-15,17-18,20H2;3-11,13,16,28H,12,14-15,17H2,1-2H3;3-12,14,18,28H,1-2,13,15-16H2;3-11,13,15,27H,2,12,14,16H2,1H3. The average molecular weight is 2170 g/mol. The Morgan fingerprint density at radius 1 is 0.340 bits per heavy atom. The molecule has 144 heavy (non-hydrogen) atoms. The lowest BCUT2D eigenvalue weighted by molar-refractivity contribution is -0.116. The molecule has 0 radical (unpaired) electrons. The second-order valence-corrected chi connectivity index (χ2v) is 51.0. The lowest BCUT2D eigenvalue weighted by Gasteiger charge is -2.26. The molecule has 18 rings (SSSR count). The molecule has 0 amide bonds. The smallest absolute Gasteiger partial charge is 0.262 e. The minimum absolute atomic E-state index is 0.0120. The van der Waals surface area contributed by atoms with Crippen molar-refractivity contribution in [2.24, 2.45) is 5.92 Å². The van der Waals surface area contributed by atoms with Gasteiger partial charge in [-0.25, -0.2) is 33.7 Å². The van der Waals surface area contributed by atoms with Crippen LogP contribution in [0.25, 0.3) is 65.8 Å². The Morgan fingerprint density at radius 3 is 0.868 bits per heavy atom. The van der Waals surface area contributed by atoms with E-state index in [0.717, 1.165) is 141 Å². The van der Waals surface area contributed by atoms with Gasteiger partial charge in [0, 0.05) is 157 Å².